The predicted molar refractivity (Wildman–Crippen MR) is 99.4 cm³/mol. The maximum absolute atomic E-state index is 12.9. The molecule has 1 heterocycles. The summed E-state index contributed by atoms with van der Waals surface area (Å²) < 4.78 is 12.9. The van der Waals surface area contributed by atoms with Crippen molar-refractivity contribution < 1.29 is 9.18 Å². The second-order valence-corrected chi connectivity index (χ2v) is 6.68. The lowest BCUT2D eigenvalue weighted by atomic mass is 10.2. The van der Waals surface area contributed by atoms with E-state index < -0.39 is 5.91 Å². The second kappa shape index (κ2) is 7.74. The fourth-order valence-electron chi connectivity index (χ4n) is 1.92. The zero-order chi connectivity index (χ0) is 17.8. The lowest BCUT2D eigenvalue weighted by molar-refractivity contribution is 0.102. The van der Waals surface area contributed by atoms with E-state index in [0.717, 1.165) is 16.9 Å². The molecule has 8 heteroatoms. The second-order valence-electron chi connectivity index (χ2n) is 4.89. The van der Waals surface area contributed by atoms with E-state index in [-0.39, 0.29) is 10.8 Å². The number of anilines is 1. The predicted octanol–water partition coefficient (Wildman–Crippen LogP) is 5.32. The summed E-state index contributed by atoms with van der Waals surface area (Å²) in [5, 5.41) is 11.8. The first-order valence-corrected chi connectivity index (χ1v) is 8.63. The van der Waals surface area contributed by atoms with Gasteiger partial charge in [-0.25, -0.2) is 4.39 Å². The van der Waals surface area contributed by atoms with E-state index in [1.807, 2.05) is 18.2 Å². The Balaban J connectivity index is 1.76. The number of aromatic nitrogens is 2. The summed E-state index contributed by atoms with van der Waals surface area (Å²) in [6.45, 7) is 0. The highest BCUT2D eigenvalue weighted by molar-refractivity contribution is 7.15. The molecule has 3 aromatic rings. The third-order valence-corrected chi connectivity index (χ3v) is 4.81. The number of amides is 1. The van der Waals surface area contributed by atoms with Crippen molar-refractivity contribution in [2.75, 3.05) is 5.32 Å². The SMILES string of the molecule is O=C(Nc1ccc(F)cc1)c1nnc(C(Cl)=Cc2ccccc2Cl)s1. The van der Waals surface area contributed by atoms with Crippen LogP contribution in [0.1, 0.15) is 20.4 Å². The Morgan fingerprint density at radius 2 is 1.76 bits per heavy atom. The summed E-state index contributed by atoms with van der Waals surface area (Å²) in [5.74, 6) is -0.828. The molecule has 0 aliphatic rings. The molecule has 1 N–H and O–H groups in total. The Bertz CT molecular complexity index is 941. The van der Waals surface area contributed by atoms with Crippen LogP contribution in [0.5, 0.6) is 0 Å². The molecular formula is C17H10Cl2FN3OS. The van der Waals surface area contributed by atoms with Crippen LogP contribution >= 0.6 is 34.5 Å². The van der Waals surface area contributed by atoms with E-state index in [9.17, 15) is 9.18 Å². The van der Waals surface area contributed by atoms with Gasteiger partial charge in [-0.2, -0.15) is 0 Å². The summed E-state index contributed by atoms with van der Waals surface area (Å²) in [7, 11) is 0. The van der Waals surface area contributed by atoms with Gasteiger partial charge in [-0.3, -0.25) is 4.79 Å². The number of carbonyl (C=O) groups excluding carboxylic acids is 1. The van der Waals surface area contributed by atoms with E-state index in [4.69, 9.17) is 23.2 Å². The van der Waals surface area contributed by atoms with Gasteiger partial charge in [0.25, 0.3) is 5.91 Å². The lowest BCUT2D eigenvalue weighted by Crippen LogP contribution is -2.11. The molecule has 0 atom stereocenters. The first kappa shape index (κ1) is 17.5. The Hall–Kier alpha value is -2.28. The molecule has 126 valence electrons. The standard InChI is InChI=1S/C17H10Cl2FN3OS/c18-13-4-2-1-3-10(13)9-14(19)16-22-23-17(25-16)15(24)21-12-7-5-11(20)6-8-12/h1-9H,(H,21,24). The minimum Gasteiger partial charge on any atom is -0.320 e. The smallest absolute Gasteiger partial charge is 0.286 e. The van der Waals surface area contributed by atoms with Crippen LogP contribution in [0.3, 0.4) is 0 Å². The molecule has 0 unspecified atom stereocenters. The molecule has 0 saturated carbocycles. The highest BCUT2D eigenvalue weighted by Crippen LogP contribution is 2.28. The Morgan fingerprint density at radius 3 is 2.48 bits per heavy atom. The molecule has 0 aliphatic heterocycles. The number of halogens is 3. The molecule has 1 amide bonds. The molecule has 2 aromatic carbocycles. The highest BCUT2D eigenvalue weighted by Gasteiger charge is 2.15. The zero-order valence-corrected chi connectivity index (χ0v) is 14.9. The van der Waals surface area contributed by atoms with Crippen molar-refractivity contribution in [1.82, 2.24) is 10.2 Å². The van der Waals surface area contributed by atoms with Gasteiger partial charge >= 0.3 is 0 Å². The number of hydrogen-bond donors (Lipinski definition) is 1. The molecule has 0 bridgehead atoms. The summed E-state index contributed by atoms with van der Waals surface area (Å²) in [5.41, 5.74) is 1.20. The normalized spacial score (nSPS) is 11.4. The topological polar surface area (TPSA) is 54.9 Å². The Morgan fingerprint density at radius 1 is 1.08 bits per heavy atom. The first-order chi connectivity index (χ1) is 12.0. The van der Waals surface area contributed by atoms with Gasteiger partial charge in [-0.05, 0) is 42.0 Å². The van der Waals surface area contributed by atoms with Crippen LogP contribution in [0.4, 0.5) is 10.1 Å². The third-order valence-electron chi connectivity index (χ3n) is 3.11. The Kier molecular flexibility index (Phi) is 5.43. The van der Waals surface area contributed by atoms with Crippen LogP contribution < -0.4 is 5.32 Å². The van der Waals surface area contributed by atoms with Crippen molar-refractivity contribution in [3.05, 3.63) is 74.9 Å². The number of hydrogen-bond acceptors (Lipinski definition) is 4. The van der Waals surface area contributed by atoms with Gasteiger partial charge in [-0.15, -0.1) is 10.2 Å². The quantitative estimate of drug-likeness (QED) is 0.652. The zero-order valence-electron chi connectivity index (χ0n) is 12.5. The molecule has 1 aromatic heterocycles. The largest absolute Gasteiger partial charge is 0.320 e. The maximum atomic E-state index is 12.9. The van der Waals surface area contributed by atoms with Gasteiger partial charge in [0.2, 0.25) is 5.01 Å². The van der Waals surface area contributed by atoms with Crippen LogP contribution in [-0.2, 0) is 0 Å². The monoisotopic (exact) mass is 393 g/mol. The van der Waals surface area contributed by atoms with Crippen LogP contribution in [-0.4, -0.2) is 16.1 Å². The van der Waals surface area contributed by atoms with Crippen molar-refractivity contribution in [3.63, 3.8) is 0 Å². The maximum Gasteiger partial charge on any atom is 0.286 e. The van der Waals surface area contributed by atoms with Gasteiger partial charge in [0.15, 0.2) is 5.01 Å². The van der Waals surface area contributed by atoms with E-state index in [1.165, 1.54) is 24.3 Å². The summed E-state index contributed by atoms with van der Waals surface area (Å²) in [4.78, 5) is 12.2. The Labute approximate surface area is 156 Å². The van der Waals surface area contributed by atoms with Gasteiger partial charge in [-0.1, -0.05) is 52.7 Å². The summed E-state index contributed by atoms with van der Waals surface area (Å²) in [6.07, 6.45) is 1.66. The fourth-order valence-corrected chi connectivity index (χ4v) is 3.03. The van der Waals surface area contributed by atoms with Crippen LogP contribution in [0.2, 0.25) is 5.02 Å². The molecule has 4 nitrogen and oxygen atoms in total. The third kappa shape index (κ3) is 4.42. The van der Waals surface area contributed by atoms with Gasteiger partial charge in [0, 0.05) is 10.7 Å². The highest BCUT2D eigenvalue weighted by atomic mass is 35.5. The van der Waals surface area contributed by atoms with E-state index >= 15 is 0 Å². The number of rotatable bonds is 4. The molecule has 0 aliphatic carbocycles. The summed E-state index contributed by atoms with van der Waals surface area (Å²) >= 11 is 13.4. The van der Waals surface area contributed by atoms with Gasteiger partial charge in [0.1, 0.15) is 5.82 Å². The van der Waals surface area contributed by atoms with Gasteiger partial charge in [0.05, 0.1) is 5.03 Å². The lowest BCUT2D eigenvalue weighted by Gasteiger charge is -2.01. The van der Waals surface area contributed by atoms with Crippen LogP contribution in [0, 0.1) is 5.82 Å². The number of nitrogens with zero attached hydrogens (tertiary/aromatic N) is 2. The van der Waals surface area contributed by atoms with Gasteiger partial charge < -0.3 is 5.32 Å². The first-order valence-electron chi connectivity index (χ1n) is 7.05. The van der Waals surface area contributed by atoms with Crippen LogP contribution in [0.25, 0.3) is 11.1 Å². The summed E-state index contributed by atoms with van der Waals surface area (Å²) in [6, 6.07) is 12.6. The van der Waals surface area contributed by atoms with Crippen LogP contribution in [0.15, 0.2) is 48.5 Å². The van der Waals surface area contributed by atoms with Crippen molar-refractivity contribution >= 4 is 57.2 Å². The molecule has 25 heavy (non-hydrogen) atoms. The van der Waals surface area contributed by atoms with Crippen molar-refractivity contribution in [1.29, 1.82) is 0 Å². The van der Waals surface area contributed by atoms with E-state index in [1.54, 1.807) is 12.1 Å². The number of benzene rings is 2. The minimum absolute atomic E-state index is 0.144. The molecular weight excluding hydrogens is 384 g/mol. The molecule has 0 fully saturated rings. The molecule has 3 rings (SSSR count). The number of carbonyl (C=O) groups is 1. The number of nitrogens with one attached hydrogen (secondary N) is 1. The van der Waals surface area contributed by atoms with E-state index in [0.29, 0.717) is 20.7 Å². The van der Waals surface area contributed by atoms with Crippen molar-refractivity contribution in [2.24, 2.45) is 0 Å². The molecule has 0 spiro atoms. The van der Waals surface area contributed by atoms with E-state index in [2.05, 4.69) is 15.5 Å². The van der Waals surface area contributed by atoms with Crippen molar-refractivity contribution in [2.45, 2.75) is 0 Å². The molecule has 0 radical (unpaired) electrons. The average molecular weight is 394 g/mol. The molecule has 0 saturated heterocycles. The van der Waals surface area contributed by atoms with Crippen molar-refractivity contribution in [3.8, 4) is 0 Å². The minimum atomic E-state index is -0.447. The fraction of sp³-hybridized carbons (Fsp3) is 0. The average Bonchev–Trinajstić information content (AvgIpc) is 3.09.